The van der Waals surface area contributed by atoms with Crippen molar-refractivity contribution in [2.75, 3.05) is 13.7 Å². The molecule has 0 radical (unpaired) electrons. The molecule has 1 aliphatic heterocycles. The van der Waals surface area contributed by atoms with Crippen LogP contribution in [-0.2, 0) is 6.54 Å². The van der Waals surface area contributed by atoms with Crippen LogP contribution in [-0.4, -0.2) is 28.8 Å². The second-order valence-corrected chi connectivity index (χ2v) is 4.98. The van der Waals surface area contributed by atoms with Crippen molar-refractivity contribution in [2.45, 2.75) is 25.4 Å². The number of likely N-dealkylation sites (tertiary alicyclic amines) is 1. The SMILES string of the molecule is COc1ccc([C@H]2CCCN2Cc2ccn[nH]2)cc1. The van der Waals surface area contributed by atoms with Gasteiger partial charge < -0.3 is 4.74 Å². The summed E-state index contributed by atoms with van der Waals surface area (Å²) in [5.41, 5.74) is 2.55. The molecule has 100 valence electrons. The highest BCUT2D eigenvalue weighted by atomic mass is 16.5. The molecule has 0 saturated carbocycles. The largest absolute Gasteiger partial charge is 0.497 e. The highest BCUT2D eigenvalue weighted by Gasteiger charge is 2.26. The Morgan fingerprint density at radius 1 is 1.32 bits per heavy atom. The first kappa shape index (κ1) is 12.2. The Morgan fingerprint density at radius 3 is 2.84 bits per heavy atom. The lowest BCUT2D eigenvalue weighted by molar-refractivity contribution is 0.245. The summed E-state index contributed by atoms with van der Waals surface area (Å²) < 4.78 is 5.22. The standard InChI is InChI=1S/C15H19N3O/c1-19-14-6-4-12(5-7-14)15-3-2-10-18(15)11-13-8-9-16-17-13/h4-9,15H,2-3,10-11H2,1H3,(H,16,17)/t15-/m1/s1. The first-order chi connectivity index (χ1) is 9.36. The zero-order chi connectivity index (χ0) is 13.1. The van der Waals surface area contributed by atoms with Gasteiger partial charge in [0.15, 0.2) is 0 Å². The van der Waals surface area contributed by atoms with Gasteiger partial charge in [-0.3, -0.25) is 10.00 Å². The van der Waals surface area contributed by atoms with E-state index in [1.54, 1.807) is 7.11 Å². The van der Waals surface area contributed by atoms with Crippen molar-refractivity contribution in [3.8, 4) is 5.75 Å². The summed E-state index contributed by atoms with van der Waals surface area (Å²) in [7, 11) is 1.70. The van der Waals surface area contributed by atoms with Gasteiger partial charge in [0.05, 0.1) is 7.11 Å². The minimum absolute atomic E-state index is 0.509. The summed E-state index contributed by atoms with van der Waals surface area (Å²) in [6, 6.07) is 11.0. The molecule has 1 atom stereocenters. The fourth-order valence-electron chi connectivity index (χ4n) is 2.81. The fourth-order valence-corrected chi connectivity index (χ4v) is 2.81. The van der Waals surface area contributed by atoms with Crippen LogP contribution in [0.3, 0.4) is 0 Å². The molecule has 0 bridgehead atoms. The van der Waals surface area contributed by atoms with E-state index < -0.39 is 0 Å². The molecule has 1 aliphatic rings. The molecule has 1 aromatic carbocycles. The number of H-pyrrole nitrogens is 1. The average Bonchev–Trinajstić information content (AvgIpc) is 3.11. The van der Waals surface area contributed by atoms with Gasteiger partial charge in [-0.05, 0) is 43.1 Å². The summed E-state index contributed by atoms with van der Waals surface area (Å²) in [5.74, 6) is 0.918. The van der Waals surface area contributed by atoms with E-state index in [1.165, 1.54) is 24.1 Å². The van der Waals surface area contributed by atoms with E-state index in [2.05, 4.69) is 27.2 Å². The quantitative estimate of drug-likeness (QED) is 0.915. The molecule has 1 fully saturated rings. The maximum atomic E-state index is 5.22. The van der Waals surface area contributed by atoms with Gasteiger partial charge in [-0.25, -0.2) is 0 Å². The molecule has 2 aromatic rings. The smallest absolute Gasteiger partial charge is 0.118 e. The monoisotopic (exact) mass is 257 g/mol. The van der Waals surface area contributed by atoms with Gasteiger partial charge in [-0.15, -0.1) is 0 Å². The van der Waals surface area contributed by atoms with E-state index in [-0.39, 0.29) is 0 Å². The van der Waals surface area contributed by atoms with Crippen LogP contribution >= 0.6 is 0 Å². The highest BCUT2D eigenvalue weighted by Crippen LogP contribution is 2.33. The van der Waals surface area contributed by atoms with Crippen LogP contribution in [0.15, 0.2) is 36.5 Å². The van der Waals surface area contributed by atoms with E-state index in [0.717, 1.165) is 18.8 Å². The van der Waals surface area contributed by atoms with Gasteiger partial charge in [0, 0.05) is 24.5 Å². The summed E-state index contributed by atoms with van der Waals surface area (Å²) in [6.45, 7) is 2.09. The third kappa shape index (κ3) is 2.63. The van der Waals surface area contributed by atoms with Gasteiger partial charge in [-0.1, -0.05) is 12.1 Å². The Balaban J connectivity index is 1.74. The number of benzene rings is 1. The molecule has 4 nitrogen and oxygen atoms in total. The van der Waals surface area contributed by atoms with Crippen molar-refractivity contribution < 1.29 is 4.74 Å². The molecule has 4 heteroatoms. The lowest BCUT2D eigenvalue weighted by Gasteiger charge is -2.24. The zero-order valence-corrected chi connectivity index (χ0v) is 11.2. The van der Waals surface area contributed by atoms with Gasteiger partial charge in [0.2, 0.25) is 0 Å². The van der Waals surface area contributed by atoms with Crippen LogP contribution in [0.2, 0.25) is 0 Å². The summed E-state index contributed by atoms with van der Waals surface area (Å²) >= 11 is 0. The Morgan fingerprint density at radius 2 is 2.16 bits per heavy atom. The fraction of sp³-hybridized carbons (Fsp3) is 0.400. The molecule has 0 aliphatic carbocycles. The average molecular weight is 257 g/mol. The van der Waals surface area contributed by atoms with Crippen molar-refractivity contribution >= 4 is 0 Å². The second kappa shape index (κ2) is 5.45. The minimum atomic E-state index is 0.509. The molecule has 0 amide bonds. The summed E-state index contributed by atoms with van der Waals surface area (Å²) in [5, 5.41) is 7.06. The number of nitrogens with one attached hydrogen (secondary N) is 1. The van der Waals surface area contributed by atoms with Gasteiger partial charge in [-0.2, -0.15) is 5.10 Å². The van der Waals surface area contributed by atoms with Gasteiger partial charge in [0.25, 0.3) is 0 Å². The maximum absolute atomic E-state index is 5.22. The Labute approximate surface area is 113 Å². The third-order valence-corrected chi connectivity index (χ3v) is 3.80. The number of nitrogens with zero attached hydrogens (tertiary/aromatic N) is 2. The van der Waals surface area contributed by atoms with Crippen molar-refractivity contribution in [3.63, 3.8) is 0 Å². The van der Waals surface area contributed by atoms with Crippen LogP contribution in [0, 0.1) is 0 Å². The number of hydrogen-bond acceptors (Lipinski definition) is 3. The van der Waals surface area contributed by atoms with Crippen LogP contribution in [0.4, 0.5) is 0 Å². The molecule has 1 aromatic heterocycles. The second-order valence-electron chi connectivity index (χ2n) is 4.98. The van der Waals surface area contributed by atoms with Crippen LogP contribution < -0.4 is 4.74 Å². The number of hydrogen-bond donors (Lipinski definition) is 1. The first-order valence-corrected chi connectivity index (χ1v) is 6.73. The summed E-state index contributed by atoms with van der Waals surface area (Å²) in [6.07, 6.45) is 4.29. The Hall–Kier alpha value is -1.81. The van der Waals surface area contributed by atoms with Crippen molar-refractivity contribution in [3.05, 3.63) is 47.8 Å². The lowest BCUT2D eigenvalue weighted by atomic mass is 10.0. The van der Waals surface area contributed by atoms with Crippen molar-refractivity contribution in [1.29, 1.82) is 0 Å². The minimum Gasteiger partial charge on any atom is -0.497 e. The number of methoxy groups -OCH3 is 1. The molecule has 19 heavy (non-hydrogen) atoms. The van der Waals surface area contributed by atoms with Crippen LogP contribution in [0.1, 0.15) is 30.1 Å². The molecule has 2 heterocycles. The molecular formula is C15H19N3O. The molecule has 0 unspecified atom stereocenters. The molecule has 1 saturated heterocycles. The van der Waals surface area contributed by atoms with Crippen molar-refractivity contribution in [2.24, 2.45) is 0 Å². The molecule has 3 rings (SSSR count). The number of aromatic nitrogens is 2. The number of aromatic amines is 1. The highest BCUT2D eigenvalue weighted by molar-refractivity contribution is 5.29. The first-order valence-electron chi connectivity index (χ1n) is 6.73. The van der Waals surface area contributed by atoms with E-state index in [1.807, 2.05) is 24.4 Å². The normalized spacial score (nSPS) is 19.7. The topological polar surface area (TPSA) is 41.1 Å². The van der Waals surface area contributed by atoms with Gasteiger partial charge >= 0.3 is 0 Å². The zero-order valence-electron chi connectivity index (χ0n) is 11.2. The maximum Gasteiger partial charge on any atom is 0.118 e. The molecular weight excluding hydrogens is 238 g/mol. The number of ether oxygens (including phenoxy) is 1. The van der Waals surface area contributed by atoms with E-state index in [0.29, 0.717) is 6.04 Å². The third-order valence-electron chi connectivity index (χ3n) is 3.80. The summed E-state index contributed by atoms with van der Waals surface area (Å²) in [4.78, 5) is 2.51. The van der Waals surface area contributed by atoms with Crippen molar-refractivity contribution in [1.82, 2.24) is 15.1 Å². The predicted molar refractivity (Wildman–Crippen MR) is 74.0 cm³/mol. The Kier molecular flexibility index (Phi) is 3.51. The van der Waals surface area contributed by atoms with Crippen LogP contribution in [0.5, 0.6) is 5.75 Å². The Bertz CT molecular complexity index is 507. The predicted octanol–water partition coefficient (Wildman–Crippen LogP) is 2.76. The number of rotatable bonds is 4. The lowest BCUT2D eigenvalue weighted by Crippen LogP contribution is -2.22. The van der Waals surface area contributed by atoms with E-state index in [4.69, 9.17) is 4.74 Å². The van der Waals surface area contributed by atoms with Gasteiger partial charge in [0.1, 0.15) is 5.75 Å². The van der Waals surface area contributed by atoms with E-state index in [9.17, 15) is 0 Å². The van der Waals surface area contributed by atoms with Crippen LogP contribution in [0.25, 0.3) is 0 Å². The molecule has 1 N–H and O–H groups in total. The molecule has 0 spiro atoms. The van der Waals surface area contributed by atoms with E-state index >= 15 is 0 Å².